The third-order valence-corrected chi connectivity index (χ3v) is 3.55. The predicted molar refractivity (Wildman–Crippen MR) is 87.4 cm³/mol. The molecule has 0 fully saturated rings. The lowest BCUT2D eigenvalue weighted by Gasteiger charge is -2.14. The van der Waals surface area contributed by atoms with E-state index in [9.17, 15) is 4.79 Å². The Kier molecular flexibility index (Phi) is 4.48. The molecule has 0 aliphatic heterocycles. The fourth-order valence-corrected chi connectivity index (χ4v) is 2.13. The normalized spacial score (nSPS) is 10.3. The maximum atomic E-state index is 12.4. The van der Waals surface area contributed by atoms with E-state index in [1.807, 2.05) is 46.1 Å². The summed E-state index contributed by atoms with van der Waals surface area (Å²) >= 11 is 5.98. The molecule has 1 N–H and O–H groups in total. The van der Waals surface area contributed by atoms with Crippen LogP contribution < -0.4 is 10.2 Å². The summed E-state index contributed by atoms with van der Waals surface area (Å²) in [6.45, 7) is 3.99. The first-order chi connectivity index (χ1) is 9.88. The number of hydrogen-bond donors (Lipinski definition) is 1. The molecule has 110 valence electrons. The van der Waals surface area contributed by atoms with Gasteiger partial charge in [-0.3, -0.25) is 4.79 Å². The van der Waals surface area contributed by atoms with E-state index >= 15 is 0 Å². The standard InChI is InChI=1S/C16H18ClN3O/c1-10-6-5-7-13(11(10)2)18-16(21)12-8-14(17)19-15(9-12)20(3)4/h5-9H,1-4H3,(H,18,21). The second kappa shape index (κ2) is 6.14. The van der Waals surface area contributed by atoms with E-state index in [0.29, 0.717) is 16.5 Å². The SMILES string of the molecule is Cc1cccc(NC(=O)c2cc(Cl)nc(N(C)C)c2)c1C. The van der Waals surface area contributed by atoms with Gasteiger partial charge in [0.15, 0.2) is 0 Å². The largest absolute Gasteiger partial charge is 0.363 e. The number of nitrogens with one attached hydrogen (secondary N) is 1. The number of pyridine rings is 1. The molecule has 0 saturated heterocycles. The van der Waals surface area contributed by atoms with Crippen LogP contribution in [0.2, 0.25) is 5.15 Å². The van der Waals surface area contributed by atoms with Gasteiger partial charge in [-0.25, -0.2) is 4.98 Å². The Morgan fingerprint density at radius 3 is 2.62 bits per heavy atom. The third kappa shape index (κ3) is 3.52. The van der Waals surface area contributed by atoms with Crippen molar-refractivity contribution in [1.29, 1.82) is 0 Å². The van der Waals surface area contributed by atoms with Crippen molar-refractivity contribution in [3.05, 3.63) is 52.2 Å². The van der Waals surface area contributed by atoms with Gasteiger partial charge in [-0.2, -0.15) is 0 Å². The van der Waals surface area contributed by atoms with Crippen molar-refractivity contribution in [2.45, 2.75) is 13.8 Å². The highest BCUT2D eigenvalue weighted by Crippen LogP contribution is 2.21. The Balaban J connectivity index is 2.30. The van der Waals surface area contributed by atoms with E-state index in [1.165, 1.54) is 0 Å². The maximum absolute atomic E-state index is 12.4. The van der Waals surface area contributed by atoms with E-state index in [0.717, 1.165) is 16.8 Å². The Morgan fingerprint density at radius 2 is 1.95 bits per heavy atom. The number of carbonyl (C=O) groups is 1. The van der Waals surface area contributed by atoms with E-state index in [4.69, 9.17) is 11.6 Å². The summed E-state index contributed by atoms with van der Waals surface area (Å²) in [5, 5.41) is 3.22. The van der Waals surface area contributed by atoms with E-state index in [-0.39, 0.29) is 5.91 Å². The number of benzene rings is 1. The summed E-state index contributed by atoms with van der Waals surface area (Å²) in [5.41, 5.74) is 3.48. The fraction of sp³-hybridized carbons (Fsp3) is 0.250. The molecular weight excluding hydrogens is 286 g/mol. The zero-order valence-corrected chi connectivity index (χ0v) is 13.3. The molecule has 0 aliphatic rings. The van der Waals surface area contributed by atoms with Gasteiger partial charge in [0.25, 0.3) is 5.91 Å². The molecule has 0 spiro atoms. The van der Waals surface area contributed by atoms with Gasteiger partial charge < -0.3 is 10.2 Å². The molecule has 0 atom stereocenters. The van der Waals surface area contributed by atoms with Crippen LogP contribution in [0, 0.1) is 13.8 Å². The monoisotopic (exact) mass is 303 g/mol. The van der Waals surface area contributed by atoms with Crippen LogP contribution in [-0.2, 0) is 0 Å². The summed E-state index contributed by atoms with van der Waals surface area (Å²) in [6, 6.07) is 9.10. The van der Waals surface area contributed by atoms with Crippen molar-refractivity contribution >= 4 is 29.0 Å². The van der Waals surface area contributed by atoms with Crippen molar-refractivity contribution in [2.75, 3.05) is 24.3 Å². The first-order valence-electron chi connectivity index (χ1n) is 6.61. The highest BCUT2D eigenvalue weighted by molar-refractivity contribution is 6.30. The highest BCUT2D eigenvalue weighted by atomic mass is 35.5. The van der Waals surface area contributed by atoms with Gasteiger partial charge in [-0.15, -0.1) is 0 Å². The summed E-state index contributed by atoms with van der Waals surface area (Å²) in [4.78, 5) is 18.4. The molecule has 2 rings (SSSR count). The Morgan fingerprint density at radius 1 is 1.24 bits per heavy atom. The lowest BCUT2D eigenvalue weighted by atomic mass is 10.1. The second-order valence-corrected chi connectivity index (χ2v) is 5.52. The van der Waals surface area contributed by atoms with Crippen LogP contribution in [0.4, 0.5) is 11.5 Å². The zero-order chi connectivity index (χ0) is 15.6. The van der Waals surface area contributed by atoms with E-state index in [1.54, 1.807) is 17.0 Å². The number of hydrogen-bond acceptors (Lipinski definition) is 3. The highest BCUT2D eigenvalue weighted by Gasteiger charge is 2.12. The topological polar surface area (TPSA) is 45.2 Å². The van der Waals surface area contributed by atoms with Crippen LogP contribution in [0.1, 0.15) is 21.5 Å². The molecule has 0 unspecified atom stereocenters. The number of aromatic nitrogens is 1. The minimum absolute atomic E-state index is 0.198. The molecule has 5 heteroatoms. The summed E-state index contributed by atoms with van der Waals surface area (Å²) in [7, 11) is 3.70. The van der Waals surface area contributed by atoms with E-state index < -0.39 is 0 Å². The van der Waals surface area contributed by atoms with Gasteiger partial charge in [-0.1, -0.05) is 23.7 Å². The lowest BCUT2D eigenvalue weighted by molar-refractivity contribution is 0.102. The number of halogens is 1. The van der Waals surface area contributed by atoms with Gasteiger partial charge in [0.1, 0.15) is 11.0 Å². The lowest BCUT2D eigenvalue weighted by Crippen LogP contribution is -2.16. The first kappa shape index (κ1) is 15.3. The molecule has 0 aliphatic carbocycles. The van der Waals surface area contributed by atoms with Gasteiger partial charge in [-0.05, 0) is 43.2 Å². The second-order valence-electron chi connectivity index (χ2n) is 5.13. The molecule has 1 aromatic heterocycles. The summed E-state index contributed by atoms with van der Waals surface area (Å²) in [5.74, 6) is 0.449. The van der Waals surface area contributed by atoms with Crippen LogP contribution in [0.25, 0.3) is 0 Å². The molecule has 0 saturated carbocycles. The number of amides is 1. The quantitative estimate of drug-likeness (QED) is 0.880. The van der Waals surface area contributed by atoms with E-state index in [2.05, 4.69) is 10.3 Å². The number of rotatable bonds is 3. The van der Waals surface area contributed by atoms with Crippen LogP contribution >= 0.6 is 11.6 Å². The van der Waals surface area contributed by atoms with Crippen LogP contribution in [-0.4, -0.2) is 25.0 Å². The van der Waals surface area contributed by atoms with Crippen LogP contribution in [0.5, 0.6) is 0 Å². The summed E-state index contributed by atoms with van der Waals surface area (Å²) in [6.07, 6.45) is 0. The Labute approximate surface area is 129 Å². The van der Waals surface area contributed by atoms with Crippen LogP contribution in [0.15, 0.2) is 30.3 Å². The van der Waals surface area contributed by atoms with Gasteiger partial charge in [0.05, 0.1) is 0 Å². The number of nitrogens with zero attached hydrogens (tertiary/aromatic N) is 2. The minimum atomic E-state index is -0.198. The van der Waals surface area contributed by atoms with Gasteiger partial charge in [0, 0.05) is 25.3 Å². The Hall–Kier alpha value is -2.07. The fourth-order valence-electron chi connectivity index (χ4n) is 1.92. The molecule has 0 bridgehead atoms. The molecule has 21 heavy (non-hydrogen) atoms. The van der Waals surface area contributed by atoms with Crippen molar-refractivity contribution in [3.8, 4) is 0 Å². The summed E-state index contributed by atoms with van der Waals surface area (Å²) < 4.78 is 0. The molecule has 0 radical (unpaired) electrons. The number of carbonyl (C=O) groups excluding carboxylic acids is 1. The number of anilines is 2. The van der Waals surface area contributed by atoms with Gasteiger partial charge in [0.2, 0.25) is 0 Å². The molecule has 1 amide bonds. The number of aryl methyl sites for hydroxylation is 1. The molecular formula is C16H18ClN3O. The van der Waals surface area contributed by atoms with Crippen molar-refractivity contribution < 1.29 is 4.79 Å². The average Bonchev–Trinajstić information content (AvgIpc) is 2.43. The zero-order valence-electron chi connectivity index (χ0n) is 12.6. The predicted octanol–water partition coefficient (Wildman–Crippen LogP) is 3.67. The maximum Gasteiger partial charge on any atom is 0.255 e. The minimum Gasteiger partial charge on any atom is -0.363 e. The smallest absolute Gasteiger partial charge is 0.255 e. The molecule has 1 aromatic carbocycles. The van der Waals surface area contributed by atoms with Crippen molar-refractivity contribution in [1.82, 2.24) is 4.98 Å². The van der Waals surface area contributed by atoms with Crippen molar-refractivity contribution in [3.63, 3.8) is 0 Å². The van der Waals surface area contributed by atoms with Gasteiger partial charge >= 0.3 is 0 Å². The molecule has 4 nitrogen and oxygen atoms in total. The van der Waals surface area contributed by atoms with Crippen molar-refractivity contribution in [2.24, 2.45) is 0 Å². The van der Waals surface area contributed by atoms with Crippen LogP contribution in [0.3, 0.4) is 0 Å². The molecule has 2 aromatic rings. The third-order valence-electron chi connectivity index (χ3n) is 3.35. The average molecular weight is 304 g/mol. The molecule has 1 heterocycles. The Bertz CT molecular complexity index is 683. The first-order valence-corrected chi connectivity index (χ1v) is 6.99.